The number of benzene rings is 2. The number of anilines is 2. The van der Waals surface area contributed by atoms with E-state index in [0.717, 1.165) is 13.1 Å². The van der Waals surface area contributed by atoms with Gasteiger partial charge in [0.25, 0.3) is 0 Å². The summed E-state index contributed by atoms with van der Waals surface area (Å²) < 4.78 is 1.26. The van der Waals surface area contributed by atoms with Gasteiger partial charge in [-0.3, -0.25) is 0 Å². The maximum absolute atomic E-state index is 2.85. The molecule has 2 aromatic rings. The summed E-state index contributed by atoms with van der Waals surface area (Å²) >= 11 is 2.85. The molecule has 0 amide bonds. The fraction of sp³-hybridized carbons (Fsp3) is 0.381. The molecule has 144 valence electrons. The summed E-state index contributed by atoms with van der Waals surface area (Å²) in [5, 5.41) is 0. The van der Waals surface area contributed by atoms with Crippen LogP contribution >= 0.6 is 24.8 Å². The first-order valence-electron chi connectivity index (χ1n) is 8.53. The third-order valence-corrected chi connectivity index (χ3v) is 6.56. The third-order valence-electron chi connectivity index (χ3n) is 5.62. The van der Waals surface area contributed by atoms with Gasteiger partial charge in [-0.15, -0.1) is 24.8 Å². The Morgan fingerprint density at radius 1 is 0.615 bits per heavy atom. The minimum absolute atomic E-state index is 0. The van der Waals surface area contributed by atoms with Gasteiger partial charge in [0.1, 0.15) is 0 Å². The van der Waals surface area contributed by atoms with Crippen molar-refractivity contribution in [3.8, 4) is 0 Å². The quantitative estimate of drug-likeness (QED) is 0.536. The van der Waals surface area contributed by atoms with Crippen molar-refractivity contribution in [2.24, 2.45) is 0 Å². The van der Waals surface area contributed by atoms with Crippen LogP contribution < -0.4 is 9.80 Å². The van der Waals surface area contributed by atoms with E-state index in [0.29, 0.717) is 0 Å². The van der Waals surface area contributed by atoms with Gasteiger partial charge in [-0.05, 0) is 0 Å². The predicted octanol–water partition coefficient (Wildman–Crippen LogP) is 5.34. The Morgan fingerprint density at radius 3 is 1.31 bits per heavy atom. The van der Waals surface area contributed by atoms with Crippen molar-refractivity contribution in [2.45, 2.75) is 41.5 Å². The first kappa shape index (κ1) is 23.2. The Bertz CT molecular complexity index is 766. The molecule has 1 fully saturated rings. The van der Waals surface area contributed by atoms with Crippen molar-refractivity contribution in [1.82, 2.24) is 0 Å². The van der Waals surface area contributed by atoms with Crippen LogP contribution in [0.3, 0.4) is 0 Å². The van der Waals surface area contributed by atoms with E-state index in [1.54, 1.807) is 0 Å². The van der Waals surface area contributed by atoms with Crippen molar-refractivity contribution in [2.75, 3.05) is 22.9 Å². The van der Waals surface area contributed by atoms with E-state index in [1.807, 2.05) is 0 Å². The van der Waals surface area contributed by atoms with Crippen LogP contribution in [0.25, 0.3) is 0 Å². The third kappa shape index (κ3) is 3.86. The fourth-order valence-corrected chi connectivity index (χ4v) is 4.23. The van der Waals surface area contributed by atoms with Gasteiger partial charge in [0.15, 0.2) is 0 Å². The van der Waals surface area contributed by atoms with E-state index in [1.165, 1.54) is 49.1 Å². The van der Waals surface area contributed by atoms with Crippen LogP contribution in [0.2, 0.25) is 0 Å². The maximum atomic E-state index is 2.85. The summed E-state index contributed by atoms with van der Waals surface area (Å²) in [6, 6.07) is 9.00. The second kappa shape index (κ2) is 8.87. The van der Waals surface area contributed by atoms with Gasteiger partial charge in [0.2, 0.25) is 0 Å². The molecule has 5 heteroatoms. The number of hydrogen-bond acceptors (Lipinski definition) is 2. The van der Waals surface area contributed by atoms with Crippen molar-refractivity contribution in [1.29, 1.82) is 0 Å². The molecule has 1 saturated heterocycles. The summed E-state index contributed by atoms with van der Waals surface area (Å²) in [7, 11) is 0. The van der Waals surface area contributed by atoms with Gasteiger partial charge >= 0.3 is 156 Å². The molecule has 2 nitrogen and oxygen atoms in total. The summed E-state index contributed by atoms with van der Waals surface area (Å²) in [5.41, 5.74) is 11.0. The van der Waals surface area contributed by atoms with Crippen LogP contribution in [-0.4, -0.2) is 17.4 Å². The summed E-state index contributed by atoms with van der Waals surface area (Å²) in [5.74, 6) is 0. The second-order valence-corrected chi connectivity index (χ2v) is 7.64. The molecule has 0 bridgehead atoms. The monoisotopic (exact) mass is 480 g/mol. The molecule has 0 aromatic heterocycles. The topological polar surface area (TPSA) is 6.48 Å². The fourth-order valence-electron chi connectivity index (χ4n) is 3.43. The average molecular weight is 480 g/mol. The minimum Gasteiger partial charge on any atom is -0.147 e. The Hall–Kier alpha value is -0.887. The van der Waals surface area contributed by atoms with E-state index in [9.17, 15) is 0 Å². The molecule has 3 rings (SSSR count). The van der Waals surface area contributed by atoms with E-state index in [-0.39, 0.29) is 24.8 Å². The van der Waals surface area contributed by atoms with E-state index in [4.69, 9.17) is 0 Å². The molecular formula is C21H28Cl2N2Ru. The first-order valence-corrected chi connectivity index (χ1v) is 9.39. The average Bonchev–Trinajstić information content (AvgIpc) is 2.92. The van der Waals surface area contributed by atoms with E-state index in [2.05, 4.69) is 93.5 Å². The largest absolute Gasteiger partial charge is 0.147 e. The van der Waals surface area contributed by atoms with Gasteiger partial charge in [-0.2, -0.15) is 0 Å². The molecule has 26 heavy (non-hydrogen) atoms. The smallest absolute Gasteiger partial charge is 0.147 e. The molecule has 2 aromatic carbocycles. The molecule has 0 saturated carbocycles. The number of hydrogen-bond donors (Lipinski definition) is 0. The Labute approximate surface area is 180 Å². The zero-order valence-corrected chi connectivity index (χ0v) is 19.7. The van der Waals surface area contributed by atoms with Crippen LogP contribution in [-0.2, 0) is 17.9 Å². The summed E-state index contributed by atoms with van der Waals surface area (Å²) in [6.45, 7) is 15.3. The minimum atomic E-state index is 0. The normalized spacial score (nSPS) is 13.6. The Kier molecular flexibility index (Phi) is 7.90. The summed E-state index contributed by atoms with van der Waals surface area (Å²) in [6.07, 6.45) is 0. The zero-order chi connectivity index (χ0) is 17.6. The molecule has 0 radical (unpaired) electrons. The van der Waals surface area contributed by atoms with Crippen molar-refractivity contribution in [3.63, 3.8) is 0 Å². The molecule has 1 aliphatic rings. The molecule has 0 atom stereocenters. The first-order chi connectivity index (χ1) is 11.3. The summed E-state index contributed by atoms with van der Waals surface area (Å²) in [4.78, 5) is 4.88. The van der Waals surface area contributed by atoms with Crippen molar-refractivity contribution < 1.29 is 17.9 Å². The second-order valence-electron chi connectivity index (χ2n) is 6.86. The molecular weight excluding hydrogens is 452 g/mol. The zero-order valence-electron chi connectivity index (χ0n) is 16.3. The SMILES string of the molecule is Cc1ccc(N2CCN(c3ccc(C)c(C)c3C)[C]2=[Ru])c(C)c1C.Cl.Cl. The van der Waals surface area contributed by atoms with Crippen LogP contribution in [0.1, 0.15) is 33.4 Å². The van der Waals surface area contributed by atoms with Crippen LogP contribution in [0.4, 0.5) is 11.4 Å². The van der Waals surface area contributed by atoms with Crippen molar-refractivity contribution in [3.05, 3.63) is 57.6 Å². The van der Waals surface area contributed by atoms with Crippen LogP contribution in [0.5, 0.6) is 0 Å². The van der Waals surface area contributed by atoms with Crippen LogP contribution in [0.15, 0.2) is 24.3 Å². The standard InChI is InChI=1S/C21H26N2.2ClH.Ru/c1-14-7-9-20(18(5)16(14)3)22-11-12-23(13-22)21-10-8-15(2)17(4)19(21)6;;;/h7-10H,11-12H2,1-6H3;2*1H;. The van der Waals surface area contributed by atoms with Crippen LogP contribution in [0, 0.1) is 41.5 Å². The number of rotatable bonds is 2. The van der Waals surface area contributed by atoms with Gasteiger partial charge < -0.3 is 0 Å². The predicted molar refractivity (Wildman–Crippen MR) is 116 cm³/mol. The number of nitrogens with zero attached hydrogens (tertiary/aromatic N) is 2. The van der Waals surface area contributed by atoms with Gasteiger partial charge in [0, 0.05) is 0 Å². The van der Waals surface area contributed by atoms with E-state index >= 15 is 0 Å². The van der Waals surface area contributed by atoms with Crippen molar-refractivity contribution >= 4 is 40.5 Å². The molecule has 1 aliphatic heterocycles. The Balaban J connectivity index is 0.00000169. The number of aryl methyl sites for hydroxylation is 2. The van der Waals surface area contributed by atoms with Gasteiger partial charge in [-0.1, -0.05) is 0 Å². The molecule has 0 aliphatic carbocycles. The molecule has 0 unspecified atom stereocenters. The number of halogens is 2. The molecule has 0 N–H and O–H groups in total. The van der Waals surface area contributed by atoms with Gasteiger partial charge in [-0.25, -0.2) is 0 Å². The maximum Gasteiger partial charge on any atom is -0.147 e. The molecule has 1 heterocycles. The Morgan fingerprint density at radius 2 is 0.962 bits per heavy atom. The van der Waals surface area contributed by atoms with Gasteiger partial charge in [0.05, 0.1) is 0 Å². The van der Waals surface area contributed by atoms with E-state index < -0.39 is 0 Å². The molecule has 0 spiro atoms.